The molecule has 2 aromatic heterocycles. The van der Waals surface area contributed by atoms with Gasteiger partial charge in [0.15, 0.2) is 0 Å². The summed E-state index contributed by atoms with van der Waals surface area (Å²) in [4.78, 5) is 12.3. The zero-order valence-electron chi connectivity index (χ0n) is 10.7. The van der Waals surface area contributed by atoms with Crippen molar-refractivity contribution in [2.45, 2.75) is 25.3 Å². The maximum absolute atomic E-state index is 12.3. The molecular weight excluding hydrogens is 226 g/mol. The minimum Gasteiger partial charge on any atom is -0.339 e. The van der Waals surface area contributed by atoms with Crippen LogP contribution < -0.4 is 10.9 Å². The standard InChI is InChI=1S/C14H19N3O/c1-16-8-5-11-6-9-17(13(11)14(16)18)12-4-2-3-7-15-10-12/h5-6,8-9,12,15H,2-4,7,10H2,1H3. The molecule has 3 rings (SSSR count). The monoisotopic (exact) mass is 245 g/mol. The highest BCUT2D eigenvalue weighted by Crippen LogP contribution is 2.22. The second-order valence-electron chi connectivity index (χ2n) is 5.11. The van der Waals surface area contributed by atoms with Gasteiger partial charge in [0.1, 0.15) is 5.52 Å². The Balaban J connectivity index is 2.11. The zero-order chi connectivity index (χ0) is 12.5. The molecule has 4 heteroatoms. The first-order valence-electron chi connectivity index (χ1n) is 6.64. The van der Waals surface area contributed by atoms with Gasteiger partial charge in [-0.2, -0.15) is 0 Å². The number of fused-ring (bicyclic) bond motifs is 1. The van der Waals surface area contributed by atoms with Gasteiger partial charge in [-0.3, -0.25) is 4.79 Å². The molecule has 1 aliphatic rings. The third kappa shape index (κ3) is 1.86. The van der Waals surface area contributed by atoms with Crippen LogP contribution in [0.2, 0.25) is 0 Å². The second kappa shape index (κ2) is 4.61. The number of hydrogen-bond donors (Lipinski definition) is 1. The van der Waals surface area contributed by atoms with Gasteiger partial charge >= 0.3 is 0 Å². The molecule has 0 saturated carbocycles. The van der Waals surface area contributed by atoms with E-state index < -0.39 is 0 Å². The normalized spacial score (nSPS) is 21.1. The Hall–Kier alpha value is -1.55. The van der Waals surface area contributed by atoms with Gasteiger partial charge in [-0.25, -0.2) is 0 Å². The molecule has 0 spiro atoms. The summed E-state index contributed by atoms with van der Waals surface area (Å²) >= 11 is 0. The quantitative estimate of drug-likeness (QED) is 0.830. The number of hydrogen-bond acceptors (Lipinski definition) is 2. The Labute approximate surface area is 106 Å². The average molecular weight is 245 g/mol. The molecule has 1 saturated heterocycles. The predicted octanol–water partition coefficient (Wildman–Crippen LogP) is 1.65. The Morgan fingerprint density at radius 2 is 2.11 bits per heavy atom. The van der Waals surface area contributed by atoms with E-state index >= 15 is 0 Å². The van der Waals surface area contributed by atoms with Gasteiger partial charge in [-0.05, 0) is 31.5 Å². The fraction of sp³-hybridized carbons (Fsp3) is 0.500. The van der Waals surface area contributed by atoms with Crippen molar-refractivity contribution in [1.29, 1.82) is 0 Å². The number of pyridine rings is 1. The Morgan fingerprint density at radius 3 is 3.00 bits per heavy atom. The van der Waals surface area contributed by atoms with E-state index in [1.54, 1.807) is 4.57 Å². The fourth-order valence-electron chi connectivity index (χ4n) is 2.80. The Bertz CT molecular complexity index is 603. The topological polar surface area (TPSA) is 39.0 Å². The van der Waals surface area contributed by atoms with E-state index in [-0.39, 0.29) is 5.56 Å². The van der Waals surface area contributed by atoms with Gasteiger partial charge in [0.25, 0.3) is 5.56 Å². The van der Waals surface area contributed by atoms with Crippen molar-refractivity contribution < 1.29 is 0 Å². The molecule has 0 amide bonds. The largest absolute Gasteiger partial charge is 0.339 e. The lowest BCUT2D eigenvalue weighted by Crippen LogP contribution is -2.26. The lowest BCUT2D eigenvalue weighted by molar-refractivity contribution is 0.473. The van der Waals surface area contributed by atoms with Crippen LogP contribution in [-0.2, 0) is 7.05 Å². The molecular formula is C14H19N3O. The average Bonchev–Trinajstić information content (AvgIpc) is 2.62. The van der Waals surface area contributed by atoms with Crippen molar-refractivity contribution >= 4 is 10.9 Å². The van der Waals surface area contributed by atoms with Crippen molar-refractivity contribution in [2.75, 3.05) is 13.1 Å². The van der Waals surface area contributed by atoms with Crippen molar-refractivity contribution in [1.82, 2.24) is 14.5 Å². The first-order valence-corrected chi connectivity index (χ1v) is 6.64. The van der Waals surface area contributed by atoms with Crippen LogP contribution in [0.25, 0.3) is 10.9 Å². The lowest BCUT2D eigenvalue weighted by Gasteiger charge is -2.17. The number of nitrogens with zero attached hydrogens (tertiary/aromatic N) is 2. The minimum atomic E-state index is 0.0988. The van der Waals surface area contributed by atoms with Crippen LogP contribution in [0.4, 0.5) is 0 Å². The molecule has 0 aliphatic carbocycles. The van der Waals surface area contributed by atoms with Crippen LogP contribution in [0, 0.1) is 0 Å². The van der Waals surface area contributed by atoms with E-state index in [2.05, 4.69) is 16.1 Å². The third-order valence-corrected chi connectivity index (χ3v) is 3.86. The minimum absolute atomic E-state index is 0.0988. The van der Waals surface area contributed by atoms with Gasteiger partial charge in [-0.15, -0.1) is 0 Å². The number of rotatable bonds is 1. The SMILES string of the molecule is Cn1ccc2ccn(C3CCCCNC3)c2c1=O. The molecule has 0 radical (unpaired) electrons. The summed E-state index contributed by atoms with van der Waals surface area (Å²) in [5.74, 6) is 0. The van der Waals surface area contributed by atoms with Crippen LogP contribution in [0.15, 0.2) is 29.3 Å². The maximum atomic E-state index is 12.3. The summed E-state index contributed by atoms with van der Waals surface area (Å²) in [7, 11) is 1.81. The molecule has 96 valence electrons. The summed E-state index contributed by atoms with van der Waals surface area (Å²) in [5, 5.41) is 4.50. The summed E-state index contributed by atoms with van der Waals surface area (Å²) in [6, 6.07) is 4.46. The molecule has 4 nitrogen and oxygen atoms in total. The highest BCUT2D eigenvalue weighted by molar-refractivity contribution is 5.79. The number of nitrogens with one attached hydrogen (secondary N) is 1. The first kappa shape index (κ1) is 11.5. The Morgan fingerprint density at radius 1 is 1.28 bits per heavy atom. The van der Waals surface area contributed by atoms with E-state index in [1.807, 2.05) is 25.4 Å². The number of aryl methyl sites for hydroxylation is 1. The summed E-state index contributed by atoms with van der Waals surface area (Å²) in [5.41, 5.74) is 0.940. The Kier molecular flexibility index (Phi) is 2.96. The molecule has 1 N–H and O–H groups in total. The van der Waals surface area contributed by atoms with Crippen molar-refractivity contribution in [2.24, 2.45) is 7.05 Å². The molecule has 18 heavy (non-hydrogen) atoms. The predicted molar refractivity (Wildman–Crippen MR) is 72.9 cm³/mol. The fourth-order valence-corrected chi connectivity index (χ4v) is 2.80. The van der Waals surface area contributed by atoms with Crippen molar-refractivity contribution in [3.8, 4) is 0 Å². The molecule has 1 unspecified atom stereocenters. The van der Waals surface area contributed by atoms with E-state index in [0.717, 1.165) is 30.4 Å². The molecule has 1 fully saturated rings. The zero-order valence-corrected chi connectivity index (χ0v) is 10.7. The molecule has 0 bridgehead atoms. The van der Waals surface area contributed by atoms with E-state index in [4.69, 9.17) is 0 Å². The molecule has 3 heterocycles. The van der Waals surface area contributed by atoms with Crippen LogP contribution >= 0.6 is 0 Å². The van der Waals surface area contributed by atoms with Gasteiger partial charge in [0.05, 0.1) is 0 Å². The first-order chi connectivity index (χ1) is 8.77. The van der Waals surface area contributed by atoms with Crippen LogP contribution in [0.3, 0.4) is 0 Å². The van der Waals surface area contributed by atoms with E-state index in [1.165, 1.54) is 12.8 Å². The molecule has 0 aromatic carbocycles. The highest BCUT2D eigenvalue weighted by Gasteiger charge is 2.17. The van der Waals surface area contributed by atoms with Gasteiger partial charge < -0.3 is 14.5 Å². The van der Waals surface area contributed by atoms with Gasteiger partial charge in [-0.1, -0.05) is 6.42 Å². The van der Waals surface area contributed by atoms with Crippen molar-refractivity contribution in [3.05, 3.63) is 34.9 Å². The second-order valence-corrected chi connectivity index (χ2v) is 5.11. The molecule has 1 atom stereocenters. The van der Waals surface area contributed by atoms with E-state index in [0.29, 0.717) is 6.04 Å². The lowest BCUT2D eigenvalue weighted by atomic mass is 10.1. The van der Waals surface area contributed by atoms with Crippen LogP contribution in [0.1, 0.15) is 25.3 Å². The van der Waals surface area contributed by atoms with Gasteiger partial charge in [0, 0.05) is 37.4 Å². The number of aromatic nitrogens is 2. The van der Waals surface area contributed by atoms with Crippen molar-refractivity contribution in [3.63, 3.8) is 0 Å². The summed E-state index contributed by atoms with van der Waals surface area (Å²) in [6.45, 7) is 2.05. The van der Waals surface area contributed by atoms with Gasteiger partial charge in [0.2, 0.25) is 0 Å². The smallest absolute Gasteiger partial charge is 0.274 e. The van der Waals surface area contributed by atoms with Crippen LogP contribution in [0.5, 0.6) is 0 Å². The maximum Gasteiger partial charge on any atom is 0.274 e. The highest BCUT2D eigenvalue weighted by atomic mass is 16.1. The molecule has 2 aromatic rings. The third-order valence-electron chi connectivity index (χ3n) is 3.86. The van der Waals surface area contributed by atoms with E-state index in [9.17, 15) is 4.79 Å². The molecule has 1 aliphatic heterocycles. The van der Waals surface area contributed by atoms with Crippen LogP contribution in [-0.4, -0.2) is 22.2 Å². The summed E-state index contributed by atoms with van der Waals surface area (Å²) < 4.78 is 3.82. The summed E-state index contributed by atoms with van der Waals surface area (Å²) in [6.07, 6.45) is 7.50.